The van der Waals surface area contributed by atoms with Gasteiger partial charge in [0.1, 0.15) is 0 Å². The Morgan fingerprint density at radius 1 is 1.04 bits per heavy atom. The van der Waals surface area contributed by atoms with Crippen LogP contribution in [0.4, 0.5) is 0 Å². The standard InChI is InChI=1S/C22H26O2S2/c1-22(16-17-25-26-22)15-9-8-14-20(23)24-21(18-10-4-2-5-11-18)19-12-6-3-7-13-19/h2-7,10-13,21H,8-9,14-17H2,1H3. The lowest BCUT2D eigenvalue weighted by Gasteiger charge is -2.21. The van der Waals surface area contributed by atoms with Crippen LogP contribution in [-0.4, -0.2) is 16.5 Å². The molecular weight excluding hydrogens is 360 g/mol. The molecule has 0 amide bonds. The summed E-state index contributed by atoms with van der Waals surface area (Å²) in [5.74, 6) is 1.14. The molecule has 1 heterocycles. The van der Waals surface area contributed by atoms with Gasteiger partial charge in [-0.2, -0.15) is 0 Å². The third-order valence-corrected chi connectivity index (χ3v) is 8.12. The van der Waals surface area contributed by atoms with Gasteiger partial charge in [0.25, 0.3) is 0 Å². The molecule has 0 bridgehead atoms. The second kappa shape index (κ2) is 9.52. The molecule has 0 saturated carbocycles. The molecule has 1 aliphatic rings. The second-order valence-corrected chi connectivity index (χ2v) is 10.0. The molecule has 3 rings (SSSR count). The van der Waals surface area contributed by atoms with Gasteiger partial charge in [0.2, 0.25) is 0 Å². The van der Waals surface area contributed by atoms with E-state index < -0.39 is 0 Å². The van der Waals surface area contributed by atoms with Gasteiger partial charge in [-0.1, -0.05) is 88.7 Å². The summed E-state index contributed by atoms with van der Waals surface area (Å²) in [5, 5.41) is 0. The number of hydrogen-bond donors (Lipinski definition) is 0. The highest BCUT2D eigenvalue weighted by molar-refractivity contribution is 8.77. The number of rotatable bonds is 8. The zero-order valence-electron chi connectivity index (χ0n) is 15.2. The van der Waals surface area contributed by atoms with Crippen molar-refractivity contribution in [1.82, 2.24) is 0 Å². The number of benzene rings is 2. The van der Waals surface area contributed by atoms with Gasteiger partial charge in [-0.3, -0.25) is 4.79 Å². The normalized spacial score (nSPS) is 19.6. The van der Waals surface area contributed by atoms with Crippen LogP contribution in [0.5, 0.6) is 0 Å². The first-order valence-corrected chi connectivity index (χ1v) is 11.6. The van der Waals surface area contributed by atoms with E-state index in [4.69, 9.17) is 4.74 Å². The van der Waals surface area contributed by atoms with E-state index in [-0.39, 0.29) is 12.1 Å². The number of hydrogen-bond acceptors (Lipinski definition) is 4. The van der Waals surface area contributed by atoms with Crippen LogP contribution in [0.15, 0.2) is 60.7 Å². The van der Waals surface area contributed by atoms with E-state index in [1.807, 2.05) is 82.3 Å². The molecule has 0 aliphatic carbocycles. The van der Waals surface area contributed by atoms with Crippen molar-refractivity contribution < 1.29 is 9.53 Å². The Kier molecular flexibility index (Phi) is 7.09. The Balaban J connectivity index is 1.54. The topological polar surface area (TPSA) is 26.3 Å². The van der Waals surface area contributed by atoms with Crippen molar-refractivity contribution in [1.29, 1.82) is 0 Å². The van der Waals surface area contributed by atoms with Crippen LogP contribution in [0.25, 0.3) is 0 Å². The van der Waals surface area contributed by atoms with Crippen molar-refractivity contribution in [2.24, 2.45) is 0 Å². The molecule has 1 unspecified atom stereocenters. The molecule has 138 valence electrons. The summed E-state index contributed by atoms with van der Waals surface area (Å²) in [5.41, 5.74) is 2.03. The van der Waals surface area contributed by atoms with Gasteiger partial charge in [-0.25, -0.2) is 0 Å². The highest BCUT2D eigenvalue weighted by Crippen LogP contribution is 2.49. The first-order valence-electron chi connectivity index (χ1n) is 9.26. The van der Waals surface area contributed by atoms with E-state index in [9.17, 15) is 4.79 Å². The van der Waals surface area contributed by atoms with Crippen LogP contribution in [0, 0.1) is 0 Å². The molecule has 26 heavy (non-hydrogen) atoms. The number of unbranched alkanes of at least 4 members (excludes halogenated alkanes) is 1. The second-order valence-electron chi connectivity index (χ2n) is 7.00. The van der Waals surface area contributed by atoms with Crippen molar-refractivity contribution >= 4 is 27.6 Å². The molecule has 0 spiro atoms. The fraction of sp³-hybridized carbons (Fsp3) is 0.409. The minimum Gasteiger partial charge on any atom is -0.453 e. The van der Waals surface area contributed by atoms with E-state index in [0.717, 1.165) is 24.0 Å². The van der Waals surface area contributed by atoms with E-state index in [1.165, 1.54) is 18.6 Å². The number of esters is 1. The predicted octanol–water partition coefficient (Wildman–Crippen LogP) is 6.42. The summed E-state index contributed by atoms with van der Waals surface area (Å²) in [6.45, 7) is 2.34. The molecule has 1 fully saturated rings. The maximum Gasteiger partial charge on any atom is 0.306 e. The summed E-state index contributed by atoms with van der Waals surface area (Å²) in [7, 11) is 3.98. The van der Waals surface area contributed by atoms with Gasteiger partial charge >= 0.3 is 5.97 Å². The minimum atomic E-state index is -0.329. The molecule has 1 saturated heterocycles. The number of carbonyl (C=O) groups excluding carboxylic acids is 1. The van der Waals surface area contributed by atoms with Gasteiger partial charge in [0.15, 0.2) is 6.10 Å². The number of ether oxygens (including phenoxy) is 1. The van der Waals surface area contributed by atoms with Crippen molar-refractivity contribution in [2.45, 2.75) is 49.9 Å². The Morgan fingerprint density at radius 2 is 1.65 bits per heavy atom. The molecule has 2 aromatic carbocycles. The zero-order chi connectivity index (χ0) is 18.2. The summed E-state index contributed by atoms with van der Waals surface area (Å²) in [4.78, 5) is 12.4. The molecule has 4 heteroatoms. The minimum absolute atomic E-state index is 0.110. The quantitative estimate of drug-likeness (QED) is 0.297. The molecule has 2 aromatic rings. The lowest BCUT2D eigenvalue weighted by molar-refractivity contribution is -0.147. The average molecular weight is 387 g/mol. The zero-order valence-corrected chi connectivity index (χ0v) is 16.9. The van der Waals surface area contributed by atoms with Crippen molar-refractivity contribution in [2.75, 3.05) is 5.75 Å². The third kappa shape index (κ3) is 5.55. The van der Waals surface area contributed by atoms with E-state index >= 15 is 0 Å². The Morgan fingerprint density at radius 3 is 2.19 bits per heavy atom. The Labute approximate surface area is 164 Å². The number of carbonyl (C=O) groups is 1. The molecular formula is C22H26O2S2. The van der Waals surface area contributed by atoms with Gasteiger partial charge in [-0.05, 0) is 37.3 Å². The SMILES string of the molecule is CC1(CCCCC(=O)OC(c2ccccc2)c2ccccc2)CCSS1. The van der Waals surface area contributed by atoms with Gasteiger partial charge in [0.05, 0.1) is 0 Å². The van der Waals surface area contributed by atoms with E-state index in [2.05, 4.69) is 6.92 Å². The molecule has 0 radical (unpaired) electrons. The Hall–Kier alpha value is -1.39. The third-order valence-electron chi connectivity index (χ3n) is 4.76. The Bertz CT molecular complexity index is 642. The molecule has 0 aromatic heterocycles. The van der Waals surface area contributed by atoms with E-state index in [1.54, 1.807) is 0 Å². The predicted molar refractivity (Wildman–Crippen MR) is 112 cm³/mol. The maximum absolute atomic E-state index is 12.4. The van der Waals surface area contributed by atoms with Crippen molar-refractivity contribution in [3.05, 3.63) is 71.8 Å². The highest BCUT2D eigenvalue weighted by Gasteiger charge is 2.29. The highest BCUT2D eigenvalue weighted by atomic mass is 33.1. The molecule has 1 atom stereocenters. The van der Waals surface area contributed by atoms with Crippen LogP contribution >= 0.6 is 21.6 Å². The molecule has 0 N–H and O–H groups in total. The lowest BCUT2D eigenvalue weighted by Crippen LogP contribution is -2.16. The maximum atomic E-state index is 12.4. The van der Waals surface area contributed by atoms with Crippen LogP contribution in [0.2, 0.25) is 0 Å². The smallest absolute Gasteiger partial charge is 0.306 e. The summed E-state index contributed by atoms with van der Waals surface area (Å²) in [6, 6.07) is 20.0. The first kappa shape index (κ1) is 19.4. The van der Waals surface area contributed by atoms with Crippen LogP contribution < -0.4 is 0 Å². The largest absolute Gasteiger partial charge is 0.453 e. The lowest BCUT2D eigenvalue weighted by atomic mass is 9.99. The van der Waals surface area contributed by atoms with E-state index in [0.29, 0.717) is 11.2 Å². The fourth-order valence-corrected chi connectivity index (χ4v) is 6.49. The van der Waals surface area contributed by atoms with Gasteiger partial charge in [-0.15, -0.1) is 0 Å². The van der Waals surface area contributed by atoms with Crippen LogP contribution in [0.3, 0.4) is 0 Å². The summed E-state index contributed by atoms with van der Waals surface area (Å²) < 4.78 is 6.27. The summed E-state index contributed by atoms with van der Waals surface area (Å²) >= 11 is 0. The monoisotopic (exact) mass is 386 g/mol. The molecule has 1 aliphatic heterocycles. The molecule has 2 nitrogen and oxygen atoms in total. The fourth-order valence-electron chi connectivity index (χ4n) is 3.19. The van der Waals surface area contributed by atoms with Crippen LogP contribution in [-0.2, 0) is 9.53 Å². The van der Waals surface area contributed by atoms with Gasteiger partial charge in [0, 0.05) is 16.9 Å². The van der Waals surface area contributed by atoms with Gasteiger partial charge < -0.3 is 4.74 Å². The van der Waals surface area contributed by atoms with Crippen LogP contribution in [0.1, 0.15) is 56.3 Å². The summed E-state index contributed by atoms with van der Waals surface area (Å²) in [6.07, 6.45) is 4.60. The average Bonchev–Trinajstić information content (AvgIpc) is 3.11. The van der Waals surface area contributed by atoms with Crippen molar-refractivity contribution in [3.8, 4) is 0 Å². The first-order chi connectivity index (χ1) is 12.7. The van der Waals surface area contributed by atoms with Crippen molar-refractivity contribution in [3.63, 3.8) is 0 Å².